The molecular formula is C15H19N5O. The van der Waals surface area contributed by atoms with Gasteiger partial charge in [0, 0.05) is 25.2 Å². The minimum Gasteiger partial charge on any atom is -0.334 e. The fourth-order valence-electron chi connectivity index (χ4n) is 2.72. The van der Waals surface area contributed by atoms with Gasteiger partial charge in [0.15, 0.2) is 5.69 Å². The second-order valence-electron chi connectivity index (χ2n) is 5.56. The zero-order valence-corrected chi connectivity index (χ0v) is 12.2. The maximum absolute atomic E-state index is 12.5. The van der Waals surface area contributed by atoms with Crippen LogP contribution in [0.4, 0.5) is 0 Å². The third-order valence-electron chi connectivity index (χ3n) is 3.58. The van der Waals surface area contributed by atoms with Crippen LogP contribution in [0.2, 0.25) is 0 Å². The van der Waals surface area contributed by atoms with Gasteiger partial charge in [-0.05, 0) is 26.0 Å². The molecule has 1 aromatic heterocycles. The van der Waals surface area contributed by atoms with E-state index in [2.05, 4.69) is 29.5 Å². The van der Waals surface area contributed by atoms with Crippen LogP contribution in [0.15, 0.2) is 36.5 Å². The van der Waals surface area contributed by atoms with Crippen molar-refractivity contribution in [1.82, 2.24) is 25.2 Å². The first kappa shape index (κ1) is 13.8. The van der Waals surface area contributed by atoms with Gasteiger partial charge in [0.2, 0.25) is 0 Å². The molecule has 1 fully saturated rings. The summed E-state index contributed by atoms with van der Waals surface area (Å²) >= 11 is 0. The van der Waals surface area contributed by atoms with Gasteiger partial charge in [0.1, 0.15) is 0 Å². The van der Waals surface area contributed by atoms with Gasteiger partial charge in [-0.15, -0.1) is 5.10 Å². The van der Waals surface area contributed by atoms with E-state index in [1.165, 1.54) is 0 Å². The molecular weight excluding hydrogens is 266 g/mol. The van der Waals surface area contributed by atoms with Crippen molar-refractivity contribution in [3.63, 3.8) is 0 Å². The van der Waals surface area contributed by atoms with Crippen molar-refractivity contribution in [2.45, 2.75) is 25.9 Å². The van der Waals surface area contributed by atoms with E-state index in [0.717, 1.165) is 5.69 Å². The number of aromatic nitrogens is 3. The molecule has 6 nitrogen and oxygen atoms in total. The third-order valence-corrected chi connectivity index (χ3v) is 3.58. The van der Waals surface area contributed by atoms with Crippen LogP contribution >= 0.6 is 0 Å². The average Bonchev–Trinajstić information content (AvgIpc) is 2.96. The minimum absolute atomic E-state index is 0.0580. The first-order valence-corrected chi connectivity index (χ1v) is 7.16. The fraction of sp³-hybridized carbons (Fsp3) is 0.400. The van der Waals surface area contributed by atoms with Crippen molar-refractivity contribution in [2.75, 3.05) is 13.1 Å². The lowest BCUT2D eigenvalue weighted by atomic mass is 10.1. The fourth-order valence-corrected chi connectivity index (χ4v) is 2.72. The number of piperazine rings is 1. The number of rotatable bonds is 2. The molecule has 0 aliphatic carbocycles. The predicted octanol–water partition coefficient (Wildman–Crippen LogP) is 1.09. The smallest absolute Gasteiger partial charge is 0.276 e. The number of nitrogens with zero attached hydrogens (tertiary/aromatic N) is 4. The van der Waals surface area contributed by atoms with Crippen molar-refractivity contribution in [1.29, 1.82) is 0 Å². The monoisotopic (exact) mass is 285 g/mol. The Balaban J connectivity index is 1.78. The number of nitrogens with one attached hydrogen (secondary N) is 1. The molecule has 6 heteroatoms. The zero-order chi connectivity index (χ0) is 14.8. The van der Waals surface area contributed by atoms with Gasteiger partial charge in [-0.3, -0.25) is 4.79 Å². The van der Waals surface area contributed by atoms with E-state index in [4.69, 9.17) is 0 Å². The minimum atomic E-state index is -0.0580. The maximum Gasteiger partial charge on any atom is 0.276 e. The largest absolute Gasteiger partial charge is 0.334 e. The lowest BCUT2D eigenvalue weighted by molar-refractivity contribution is 0.0667. The van der Waals surface area contributed by atoms with Crippen molar-refractivity contribution in [3.05, 3.63) is 42.2 Å². The lowest BCUT2D eigenvalue weighted by Crippen LogP contribution is -2.55. The summed E-state index contributed by atoms with van der Waals surface area (Å²) in [6.45, 7) is 5.55. The van der Waals surface area contributed by atoms with Crippen molar-refractivity contribution >= 4 is 5.91 Å². The van der Waals surface area contributed by atoms with E-state index >= 15 is 0 Å². The number of carbonyl (C=O) groups is 1. The van der Waals surface area contributed by atoms with Crippen LogP contribution in [-0.2, 0) is 0 Å². The molecule has 3 rings (SSSR count). The molecule has 110 valence electrons. The molecule has 1 saturated heterocycles. The molecule has 2 aromatic rings. The summed E-state index contributed by atoms with van der Waals surface area (Å²) in [5.74, 6) is -0.0580. The van der Waals surface area contributed by atoms with Gasteiger partial charge >= 0.3 is 0 Å². The number of para-hydroxylation sites is 1. The van der Waals surface area contributed by atoms with Crippen LogP contribution in [0.1, 0.15) is 24.3 Å². The lowest BCUT2D eigenvalue weighted by Gasteiger charge is -2.35. The summed E-state index contributed by atoms with van der Waals surface area (Å²) in [6, 6.07) is 10.2. The molecule has 1 amide bonds. The highest BCUT2D eigenvalue weighted by molar-refractivity contribution is 5.92. The van der Waals surface area contributed by atoms with Gasteiger partial charge in [-0.1, -0.05) is 23.4 Å². The van der Waals surface area contributed by atoms with E-state index < -0.39 is 0 Å². The number of hydrogen-bond donors (Lipinski definition) is 1. The molecule has 2 heterocycles. The maximum atomic E-state index is 12.5. The van der Waals surface area contributed by atoms with Gasteiger partial charge in [-0.25, -0.2) is 4.68 Å². The topological polar surface area (TPSA) is 63.1 Å². The van der Waals surface area contributed by atoms with Crippen molar-refractivity contribution in [2.24, 2.45) is 0 Å². The van der Waals surface area contributed by atoms with Crippen LogP contribution in [0, 0.1) is 0 Å². The molecule has 0 radical (unpaired) electrons. The Labute approximate surface area is 123 Å². The van der Waals surface area contributed by atoms with Crippen molar-refractivity contribution < 1.29 is 4.79 Å². The number of amides is 1. The first-order valence-electron chi connectivity index (χ1n) is 7.16. The molecule has 1 aromatic carbocycles. The van der Waals surface area contributed by atoms with Crippen molar-refractivity contribution in [3.8, 4) is 5.69 Å². The Bertz CT molecular complexity index is 614. The molecule has 1 aliphatic heterocycles. The normalized spacial score (nSPS) is 22.3. The van der Waals surface area contributed by atoms with Crippen LogP contribution in [0.25, 0.3) is 5.69 Å². The quantitative estimate of drug-likeness (QED) is 0.897. The van der Waals surface area contributed by atoms with Gasteiger partial charge in [0.05, 0.1) is 11.9 Å². The summed E-state index contributed by atoms with van der Waals surface area (Å²) in [6.07, 6.45) is 1.69. The summed E-state index contributed by atoms with van der Waals surface area (Å²) in [7, 11) is 0. The SMILES string of the molecule is C[C@@H]1CN(C(=O)c2cn(-c3ccccc3)nn2)C[C@H](C)N1. The van der Waals surface area contributed by atoms with E-state index in [9.17, 15) is 4.79 Å². The highest BCUT2D eigenvalue weighted by atomic mass is 16.2. The van der Waals surface area contributed by atoms with Gasteiger partial charge in [0.25, 0.3) is 5.91 Å². The molecule has 0 unspecified atom stereocenters. The Hall–Kier alpha value is -2.21. The Morgan fingerprint density at radius 3 is 2.52 bits per heavy atom. The zero-order valence-electron chi connectivity index (χ0n) is 12.2. The van der Waals surface area contributed by atoms with Gasteiger partial charge < -0.3 is 10.2 Å². The van der Waals surface area contributed by atoms with E-state index in [1.54, 1.807) is 10.9 Å². The number of carbonyl (C=O) groups excluding carboxylic acids is 1. The van der Waals surface area contributed by atoms with Crippen LogP contribution in [0.5, 0.6) is 0 Å². The summed E-state index contributed by atoms with van der Waals surface area (Å²) < 4.78 is 1.63. The van der Waals surface area contributed by atoms with Crippen LogP contribution in [0.3, 0.4) is 0 Å². The van der Waals surface area contributed by atoms with Gasteiger partial charge in [-0.2, -0.15) is 0 Å². The third kappa shape index (κ3) is 2.95. The highest BCUT2D eigenvalue weighted by Gasteiger charge is 2.27. The molecule has 21 heavy (non-hydrogen) atoms. The summed E-state index contributed by atoms with van der Waals surface area (Å²) in [5, 5.41) is 11.5. The summed E-state index contributed by atoms with van der Waals surface area (Å²) in [4.78, 5) is 14.4. The van der Waals surface area contributed by atoms with E-state index in [1.807, 2.05) is 35.2 Å². The molecule has 2 atom stereocenters. The second-order valence-corrected chi connectivity index (χ2v) is 5.56. The molecule has 0 saturated carbocycles. The second kappa shape index (κ2) is 5.65. The predicted molar refractivity (Wildman–Crippen MR) is 79.3 cm³/mol. The Morgan fingerprint density at radius 2 is 1.86 bits per heavy atom. The van der Waals surface area contributed by atoms with Crippen LogP contribution in [-0.4, -0.2) is 51.0 Å². The van der Waals surface area contributed by atoms with E-state index in [-0.39, 0.29) is 5.91 Å². The Morgan fingerprint density at radius 1 is 1.19 bits per heavy atom. The van der Waals surface area contributed by atoms with E-state index in [0.29, 0.717) is 30.9 Å². The molecule has 1 N–H and O–H groups in total. The van der Waals surface area contributed by atoms with Crippen LogP contribution < -0.4 is 5.32 Å². The Kier molecular flexibility index (Phi) is 3.70. The highest BCUT2D eigenvalue weighted by Crippen LogP contribution is 2.10. The average molecular weight is 285 g/mol. The standard InChI is InChI=1S/C15H19N5O/c1-11-8-19(9-12(2)16-11)15(21)14-10-20(18-17-14)13-6-4-3-5-7-13/h3-7,10-12,16H,8-9H2,1-2H3/t11-,12+. The summed E-state index contributed by atoms with van der Waals surface area (Å²) in [5.41, 5.74) is 1.28. The molecule has 0 spiro atoms. The first-order chi connectivity index (χ1) is 10.1. The molecule has 0 bridgehead atoms. The number of hydrogen-bond acceptors (Lipinski definition) is 4. The number of benzene rings is 1. The molecule has 1 aliphatic rings.